The van der Waals surface area contributed by atoms with E-state index in [0.29, 0.717) is 5.82 Å². The molecule has 7 heteroatoms. The van der Waals surface area contributed by atoms with Gasteiger partial charge < -0.3 is 16.4 Å². The molecule has 3 rings (SSSR count). The summed E-state index contributed by atoms with van der Waals surface area (Å²) in [5.74, 6) is 2.51. The number of nitrogens with two attached hydrogens (primary N) is 1. The maximum absolute atomic E-state index is 6.09. The Kier molecular flexibility index (Phi) is 3.83. The SMILES string of the molecule is C[N+]1(c2cc(N)nc([N+]3(C)CCNCC3)n2)CCNCC1. The van der Waals surface area contributed by atoms with E-state index in [1.165, 1.54) is 0 Å². The molecule has 1 aromatic heterocycles. The van der Waals surface area contributed by atoms with Crippen LogP contribution in [-0.4, -0.2) is 76.4 Å². The summed E-state index contributed by atoms with van der Waals surface area (Å²) in [7, 11) is 4.45. The predicted octanol–water partition coefficient (Wildman–Crippen LogP) is -0.861. The Morgan fingerprint density at radius 3 is 2.00 bits per heavy atom. The number of quaternary nitrogens is 2. The van der Waals surface area contributed by atoms with Gasteiger partial charge in [0.05, 0.1) is 46.3 Å². The van der Waals surface area contributed by atoms with Gasteiger partial charge in [-0.15, -0.1) is 4.98 Å². The van der Waals surface area contributed by atoms with E-state index in [1.807, 2.05) is 6.07 Å². The number of nitrogens with one attached hydrogen (secondary N) is 2. The van der Waals surface area contributed by atoms with Crippen molar-refractivity contribution in [2.24, 2.45) is 0 Å². The van der Waals surface area contributed by atoms with Crippen molar-refractivity contribution in [2.75, 3.05) is 72.2 Å². The largest absolute Gasteiger partial charge is 0.383 e. The molecule has 21 heavy (non-hydrogen) atoms. The Morgan fingerprint density at radius 2 is 1.43 bits per heavy atom. The number of nitrogens with zero attached hydrogens (tertiary/aromatic N) is 4. The van der Waals surface area contributed by atoms with Crippen LogP contribution < -0.4 is 25.3 Å². The van der Waals surface area contributed by atoms with Gasteiger partial charge in [0.1, 0.15) is 5.82 Å². The highest BCUT2D eigenvalue weighted by Gasteiger charge is 2.35. The number of hydrogen-bond donors (Lipinski definition) is 3. The van der Waals surface area contributed by atoms with Crippen molar-refractivity contribution in [3.8, 4) is 0 Å². The highest BCUT2D eigenvalue weighted by Crippen LogP contribution is 2.26. The summed E-state index contributed by atoms with van der Waals surface area (Å²) in [5, 5.41) is 6.80. The Morgan fingerprint density at radius 1 is 0.905 bits per heavy atom. The zero-order valence-corrected chi connectivity index (χ0v) is 13.1. The van der Waals surface area contributed by atoms with Gasteiger partial charge in [-0.3, -0.25) is 8.97 Å². The average Bonchev–Trinajstić information content (AvgIpc) is 2.48. The number of likely N-dealkylation sites (N-methyl/N-ethyl adjacent to an activating group) is 2. The zero-order valence-electron chi connectivity index (χ0n) is 13.1. The maximum Gasteiger partial charge on any atom is 0.335 e. The second-order valence-electron chi connectivity index (χ2n) is 6.64. The summed E-state index contributed by atoms with van der Waals surface area (Å²) in [4.78, 5) is 9.46. The van der Waals surface area contributed by atoms with E-state index in [9.17, 15) is 0 Å². The summed E-state index contributed by atoms with van der Waals surface area (Å²) >= 11 is 0. The van der Waals surface area contributed by atoms with Crippen LogP contribution in [0.25, 0.3) is 0 Å². The van der Waals surface area contributed by atoms with Gasteiger partial charge in [0, 0.05) is 26.2 Å². The predicted molar refractivity (Wildman–Crippen MR) is 87.1 cm³/mol. The van der Waals surface area contributed by atoms with Gasteiger partial charge in [-0.05, 0) is 0 Å². The van der Waals surface area contributed by atoms with Gasteiger partial charge in [-0.1, -0.05) is 0 Å². The normalized spacial score (nSPS) is 24.7. The molecule has 2 aliphatic rings. The van der Waals surface area contributed by atoms with E-state index < -0.39 is 0 Å². The molecule has 0 amide bonds. The number of piperazine rings is 2. The monoisotopic (exact) mass is 293 g/mol. The van der Waals surface area contributed by atoms with Gasteiger partial charge in [-0.25, -0.2) is 0 Å². The fourth-order valence-corrected chi connectivity index (χ4v) is 3.16. The molecule has 0 aromatic carbocycles. The van der Waals surface area contributed by atoms with Crippen molar-refractivity contribution < 1.29 is 0 Å². The van der Waals surface area contributed by atoms with E-state index in [4.69, 9.17) is 10.7 Å². The minimum absolute atomic E-state index is 0.589. The molecule has 2 saturated heterocycles. The van der Waals surface area contributed by atoms with Crippen LogP contribution in [0.2, 0.25) is 0 Å². The lowest BCUT2D eigenvalue weighted by atomic mass is 10.2. The van der Waals surface area contributed by atoms with Crippen LogP contribution in [0, 0.1) is 0 Å². The second kappa shape index (κ2) is 5.49. The van der Waals surface area contributed by atoms with Gasteiger partial charge in [0.25, 0.3) is 0 Å². The number of nitrogen functional groups attached to an aromatic ring is 1. The minimum Gasteiger partial charge on any atom is -0.383 e. The van der Waals surface area contributed by atoms with Crippen molar-refractivity contribution in [2.45, 2.75) is 0 Å². The third kappa shape index (κ3) is 2.87. The molecule has 7 nitrogen and oxygen atoms in total. The Balaban J connectivity index is 1.96. The lowest BCUT2D eigenvalue weighted by Gasteiger charge is -2.38. The number of hydrogen-bond acceptors (Lipinski definition) is 5. The van der Waals surface area contributed by atoms with E-state index in [1.54, 1.807) is 0 Å². The smallest absolute Gasteiger partial charge is 0.335 e. The Hall–Kier alpha value is -1.28. The van der Waals surface area contributed by atoms with Crippen LogP contribution >= 0.6 is 0 Å². The molecule has 0 atom stereocenters. The van der Waals surface area contributed by atoms with Crippen LogP contribution in [0.3, 0.4) is 0 Å². The first-order valence-corrected chi connectivity index (χ1v) is 7.78. The van der Waals surface area contributed by atoms with Crippen LogP contribution in [0.5, 0.6) is 0 Å². The first kappa shape index (κ1) is 14.6. The third-order valence-electron chi connectivity index (χ3n) is 4.88. The molecule has 116 valence electrons. The summed E-state index contributed by atoms with van der Waals surface area (Å²) < 4.78 is 1.61. The van der Waals surface area contributed by atoms with Gasteiger partial charge in [0.2, 0.25) is 5.82 Å². The van der Waals surface area contributed by atoms with Crippen molar-refractivity contribution in [3.05, 3.63) is 6.07 Å². The van der Waals surface area contributed by atoms with E-state index in [2.05, 4.69) is 29.7 Å². The first-order chi connectivity index (χ1) is 10.0. The first-order valence-electron chi connectivity index (χ1n) is 7.78. The molecule has 0 bridgehead atoms. The molecule has 3 heterocycles. The van der Waals surface area contributed by atoms with E-state index in [-0.39, 0.29) is 0 Å². The quantitative estimate of drug-likeness (QED) is 0.619. The molecule has 0 aliphatic carbocycles. The molecule has 0 saturated carbocycles. The molecule has 4 N–H and O–H groups in total. The molecule has 2 fully saturated rings. The van der Waals surface area contributed by atoms with Crippen molar-refractivity contribution in [3.63, 3.8) is 0 Å². The van der Waals surface area contributed by atoms with Gasteiger partial charge in [0.15, 0.2) is 0 Å². The minimum atomic E-state index is 0.589. The Labute approximate surface area is 126 Å². The molecule has 1 aromatic rings. The summed E-state index contributed by atoms with van der Waals surface area (Å²) in [6.45, 7) is 8.14. The van der Waals surface area contributed by atoms with Gasteiger partial charge >= 0.3 is 5.95 Å². The van der Waals surface area contributed by atoms with E-state index in [0.717, 1.165) is 73.1 Å². The van der Waals surface area contributed by atoms with Crippen molar-refractivity contribution in [1.82, 2.24) is 29.6 Å². The van der Waals surface area contributed by atoms with Crippen molar-refractivity contribution >= 4 is 17.6 Å². The molecule has 0 radical (unpaired) electrons. The fourth-order valence-electron chi connectivity index (χ4n) is 3.16. The van der Waals surface area contributed by atoms with E-state index >= 15 is 0 Å². The number of rotatable bonds is 2. The lowest BCUT2D eigenvalue weighted by Crippen LogP contribution is -2.59. The number of aromatic nitrogens is 2. The van der Waals surface area contributed by atoms with Crippen LogP contribution in [0.4, 0.5) is 17.6 Å². The molecule has 0 spiro atoms. The highest BCUT2D eigenvalue weighted by atomic mass is 15.5. The molecular weight excluding hydrogens is 266 g/mol. The molecular formula is C14H27N7+2. The standard InChI is InChI=1S/C14H27N7/c1-20(7-3-16-4-8-20)13-11-12(15)18-14(19-13)21(2)9-5-17-6-10-21/h11,16-17H,3-10H2,1-2H3,(H2,15,18,19)/q+2. The number of anilines is 1. The van der Waals surface area contributed by atoms with Crippen LogP contribution in [0.1, 0.15) is 0 Å². The average molecular weight is 293 g/mol. The maximum atomic E-state index is 6.09. The van der Waals surface area contributed by atoms with Crippen LogP contribution in [-0.2, 0) is 0 Å². The van der Waals surface area contributed by atoms with Gasteiger partial charge in [-0.2, -0.15) is 4.98 Å². The Bertz CT molecular complexity index is 462. The molecule has 2 aliphatic heterocycles. The lowest BCUT2D eigenvalue weighted by molar-refractivity contribution is 0.263. The van der Waals surface area contributed by atoms with Crippen molar-refractivity contribution in [1.29, 1.82) is 0 Å². The summed E-state index contributed by atoms with van der Waals surface area (Å²) in [6, 6.07) is 1.95. The second-order valence-corrected chi connectivity index (χ2v) is 6.64. The highest BCUT2D eigenvalue weighted by molar-refractivity contribution is 5.49. The van der Waals surface area contributed by atoms with Crippen LogP contribution in [0.15, 0.2) is 6.07 Å². The topological polar surface area (TPSA) is 75.9 Å². The molecule has 0 unspecified atom stereocenters. The third-order valence-corrected chi connectivity index (χ3v) is 4.88. The zero-order chi connectivity index (χ0) is 14.9. The summed E-state index contributed by atoms with van der Waals surface area (Å²) in [6.07, 6.45) is 0. The summed E-state index contributed by atoms with van der Waals surface area (Å²) in [5.41, 5.74) is 6.09. The fraction of sp³-hybridized carbons (Fsp3) is 0.714.